The number of primary amides is 1. The smallest absolute Gasteiger partial charge is 0.243 e. The largest absolute Gasteiger partial charge is 0.391 e. The molecule has 1 aliphatic heterocycles. The molecule has 0 saturated carbocycles. The lowest BCUT2D eigenvalue weighted by atomic mass is 9.86. The molecule has 2 rings (SSSR count). The molecule has 3 amide bonds. The summed E-state index contributed by atoms with van der Waals surface area (Å²) in [5.41, 5.74) is 7.54. The van der Waals surface area contributed by atoms with E-state index in [1.807, 2.05) is 24.3 Å². The maximum Gasteiger partial charge on any atom is 0.243 e. The first-order chi connectivity index (χ1) is 12.5. The van der Waals surface area contributed by atoms with E-state index in [0.29, 0.717) is 0 Å². The lowest BCUT2D eigenvalue weighted by molar-refractivity contribution is -0.138. The summed E-state index contributed by atoms with van der Waals surface area (Å²) in [4.78, 5) is 37.4. The van der Waals surface area contributed by atoms with Gasteiger partial charge in [0, 0.05) is 26.3 Å². The number of rotatable bonds is 5. The molecule has 0 aromatic heterocycles. The second kappa shape index (κ2) is 8.08. The highest BCUT2D eigenvalue weighted by Gasteiger charge is 2.38. The van der Waals surface area contributed by atoms with Crippen LogP contribution in [0.2, 0.25) is 0 Å². The van der Waals surface area contributed by atoms with E-state index in [2.05, 4.69) is 26.1 Å². The van der Waals surface area contributed by atoms with E-state index in [0.717, 1.165) is 5.56 Å². The summed E-state index contributed by atoms with van der Waals surface area (Å²) in [7, 11) is 0. The first-order valence-corrected chi connectivity index (χ1v) is 9.13. The van der Waals surface area contributed by atoms with Gasteiger partial charge in [0.2, 0.25) is 17.7 Å². The molecule has 1 aromatic rings. The Morgan fingerprint density at radius 1 is 1.26 bits per heavy atom. The van der Waals surface area contributed by atoms with Gasteiger partial charge < -0.3 is 21.1 Å². The third-order valence-electron chi connectivity index (χ3n) is 4.91. The fourth-order valence-corrected chi connectivity index (χ4v) is 3.28. The van der Waals surface area contributed by atoms with Crippen molar-refractivity contribution in [3.63, 3.8) is 0 Å². The molecule has 0 bridgehead atoms. The third kappa shape index (κ3) is 5.29. The third-order valence-corrected chi connectivity index (χ3v) is 4.91. The van der Waals surface area contributed by atoms with Crippen molar-refractivity contribution in [2.75, 3.05) is 6.54 Å². The van der Waals surface area contributed by atoms with Crippen LogP contribution in [0, 0.1) is 0 Å². The van der Waals surface area contributed by atoms with Crippen LogP contribution in [0.3, 0.4) is 0 Å². The van der Waals surface area contributed by atoms with E-state index < -0.39 is 30.0 Å². The number of nitrogens with one attached hydrogen (secondary N) is 1. The standard InChI is InChI=1S/C20H29N3O4/c1-12(24)23-11-15(25)10-17(23)19(27)22-16(18(21)26)9-13-5-7-14(8-6-13)20(2,3)4/h5-8,15-17,25H,9-11H2,1-4H3,(H2,21,26)(H,22,27)/t15-,16-,17+/m1/s1. The van der Waals surface area contributed by atoms with Gasteiger partial charge in [0.15, 0.2) is 0 Å². The summed E-state index contributed by atoms with van der Waals surface area (Å²) in [6, 6.07) is 6.17. The van der Waals surface area contributed by atoms with Crippen molar-refractivity contribution in [3.05, 3.63) is 35.4 Å². The molecule has 4 N–H and O–H groups in total. The monoisotopic (exact) mass is 375 g/mol. The first-order valence-electron chi connectivity index (χ1n) is 9.13. The Bertz CT molecular complexity index is 709. The van der Waals surface area contributed by atoms with Crippen LogP contribution in [0.4, 0.5) is 0 Å². The minimum absolute atomic E-state index is 0.0231. The normalized spacial score (nSPS) is 21.0. The molecule has 1 fully saturated rings. The van der Waals surface area contributed by atoms with Crippen LogP contribution in [0.5, 0.6) is 0 Å². The fourth-order valence-electron chi connectivity index (χ4n) is 3.28. The van der Waals surface area contributed by atoms with Gasteiger partial charge in [-0.25, -0.2) is 0 Å². The summed E-state index contributed by atoms with van der Waals surface area (Å²) in [6.07, 6.45) is -0.334. The summed E-state index contributed by atoms with van der Waals surface area (Å²) < 4.78 is 0. The molecule has 27 heavy (non-hydrogen) atoms. The van der Waals surface area contributed by atoms with Gasteiger partial charge in [0.05, 0.1) is 6.10 Å². The number of hydrogen-bond acceptors (Lipinski definition) is 4. The summed E-state index contributed by atoms with van der Waals surface area (Å²) in [6.45, 7) is 7.81. The molecule has 1 heterocycles. The molecular formula is C20H29N3O4. The molecule has 7 heteroatoms. The molecule has 0 spiro atoms. The number of aliphatic hydroxyl groups excluding tert-OH is 1. The quantitative estimate of drug-likeness (QED) is 0.695. The number of hydrogen-bond donors (Lipinski definition) is 3. The Morgan fingerprint density at radius 2 is 1.85 bits per heavy atom. The lowest BCUT2D eigenvalue weighted by Gasteiger charge is -2.24. The van der Waals surface area contributed by atoms with E-state index in [9.17, 15) is 19.5 Å². The van der Waals surface area contributed by atoms with E-state index in [1.54, 1.807) is 0 Å². The van der Waals surface area contributed by atoms with E-state index in [1.165, 1.54) is 17.4 Å². The van der Waals surface area contributed by atoms with Gasteiger partial charge in [0.1, 0.15) is 12.1 Å². The van der Waals surface area contributed by atoms with Crippen LogP contribution in [0.15, 0.2) is 24.3 Å². The number of nitrogens with zero attached hydrogens (tertiary/aromatic N) is 1. The number of carbonyl (C=O) groups excluding carboxylic acids is 3. The first kappa shape index (κ1) is 20.9. The van der Waals surface area contributed by atoms with Gasteiger partial charge in [-0.1, -0.05) is 45.0 Å². The number of carbonyl (C=O) groups is 3. The predicted molar refractivity (Wildman–Crippen MR) is 102 cm³/mol. The minimum atomic E-state index is -0.885. The number of likely N-dealkylation sites (tertiary alicyclic amines) is 1. The summed E-state index contributed by atoms with van der Waals surface area (Å²) >= 11 is 0. The fraction of sp³-hybridized carbons (Fsp3) is 0.550. The Kier molecular flexibility index (Phi) is 6.26. The van der Waals surface area contributed by atoms with Gasteiger partial charge in [0.25, 0.3) is 0 Å². The van der Waals surface area contributed by atoms with Crippen LogP contribution in [0.1, 0.15) is 45.2 Å². The van der Waals surface area contributed by atoms with Crippen molar-refractivity contribution >= 4 is 17.7 Å². The Labute approximate surface area is 159 Å². The van der Waals surface area contributed by atoms with Gasteiger partial charge >= 0.3 is 0 Å². The molecule has 1 aliphatic rings. The predicted octanol–water partition coefficient (Wildman–Crippen LogP) is 0.478. The molecule has 0 radical (unpaired) electrons. The van der Waals surface area contributed by atoms with Crippen molar-refractivity contribution < 1.29 is 19.5 Å². The van der Waals surface area contributed by atoms with Crippen molar-refractivity contribution in [1.82, 2.24) is 10.2 Å². The highest BCUT2D eigenvalue weighted by molar-refractivity contribution is 5.91. The zero-order valence-electron chi connectivity index (χ0n) is 16.4. The zero-order valence-corrected chi connectivity index (χ0v) is 16.4. The highest BCUT2D eigenvalue weighted by atomic mass is 16.3. The van der Waals surface area contributed by atoms with Crippen molar-refractivity contribution in [2.45, 2.75) is 64.1 Å². The molecule has 7 nitrogen and oxygen atoms in total. The molecule has 1 saturated heterocycles. The highest BCUT2D eigenvalue weighted by Crippen LogP contribution is 2.23. The van der Waals surface area contributed by atoms with Gasteiger partial charge in [-0.2, -0.15) is 0 Å². The van der Waals surface area contributed by atoms with Crippen LogP contribution in [0.25, 0.3) is 0 Å². The molecule has 0 aliphatic carbocycles. The van der Waals surface area contributed by atoms with E-state index in [4.69, 9.17) is 5.73 Å². The number of β-amino-alcohol motifs (C(OH)–C–C–N with tert-alkyl or cyclic N) is 1. The average molecular weight is 375 g/mol. The Hall–Kier alpha value is -2.41. The van der Waals surface area contributed by atoms with Crippen LogP contribution in [-0.4, -0.2) is 52.5 Å². The number of aliphatic hydroxyl groups is 1. The maximum atomic E-state index is 12.6. The number of nitrogens with two attached hydrogens (primary N) is 1. The molecule has 1 aromatic carbocycles. The van der Waals surface area contributed by atoms with Gasteiger partial charge in [-0.05, 0) is 16.5 Å². The van der Waals surface area contributed by atoms with Crippen LogP contribution >= 0.6 is 0 Å². The average Bonchev–Trinajstić information content (AvgIpc) is 2.96. The van der Waals surface area contributed by atoms with E-state index >= 15 is 0 Å². The van der Waals surface area contributed by atoms with Crippen molar-refractivity contribution in [3.8, 4) is 0 Å². The van der Waals surface area contributed by atoms with Crippen molar-refractivity contribution in [2.24, 2.45) is 5.73 Å². The van der Waals surface area contributed by atoms with Crippen molar-refractivity contribution in [1.29, 1.82) is 0 Å². The Balaban J connectivity index is 2.08. The molecule has 148 valence electrons. The zero-order chi connectivity index (χ0) is 20.4. The van der Waals surface area contributed by atoms with Gasteiger partial charge in [-0.3, -0.25) is 14.4 Å². The summed E-state index contributed by atoms with van der Waals surface area (Å²) in [5, 5.41) is 12.4. The molecular weight excluding hydrogens is 346 g/mol. The number of benzene rings is 1. The van der Waals surface area contributed by atoms with Crippen LogP contribution < -0.4 is 11.1 Å². The van der Waals surface area contributed by atoms with Crippen LogP contribution in [-0.2, 0) is 26.2 Å². The lowest BCUT2D eigenvalue weighted by Crippen LogP contribution is -2.52. The minimum Gasteiger partial charge on any atom is -0.391 e. The second-order valence-electron chi connectivity index (χ2n) is 8.19. The Morgan fingerprint density at radius 3 is 2.33 bits per heavy atom. The van der Waals surface area contributed by atoms with Gasteiger partial charge in [-0.15, -0.1) is 0 Å². The number of amides is 3. The molecule has 0 unspecified atom stereocenters. The molecule has 3 atom stereocenters. The topological polar surface area (TPSA) is 113 Å². The van der Waals surface area contributed by atoms with E-state index in [-0.39, 0.29) is 30.7 Å². The second-order valence-corrected chi connectivity index (χ2v) is 8.19. The SMILES string of the molecule is CC(=O)N1C[C@H](O)C[C@H]1C(=O)N[C@H](Cc1ccc(C(C)(C)C)cc1)C(N)=O. The summed E-state index contributed by atoms with van der Waals surface area (Å²) in [5.74, 6) is -1.41. The maximum absolute atomic E-state index is 12.6.